The van der Waals surface area contributed by atoms with Gasteiger partial charge in [-0.1, -0.05) is 36.4 Å². The first-order valence-corrected chi connectivity index (χ1v) is 15.1. The summed E-state index contributed by atoms with van der Waals surface area (Å²) in [5, 5.41) is 20.4. The van der Waals surface area contributed by atoms with Crippen molar-refractivity contribution in [3.63, 3.8) is 0 Å². The van der Waals surface area contributed by atoms with Crippen LogP contribution in [0.25, 0.3) is 0 Å². The molecule has 0 bridgehead atoms. The number of amides is 2. The number of aliphatic hydroxyl groups is 1. The highest BCUT2D eigenvalue weighted by Gasteiger charge is 2.15. The largest absolute Gasteiger partial charge is 0.394 e. The number of anilines is 2. The van der Waals surface area contributed by atoms with Gasteiger partial charge in [-0.2, -0.15) is 0 Å². The summed E-state index contributed by atoms with van der Waals surface area (Å²) in [6.07, 6.45) is 0.414. The van der Waals surface area contributed by atoms with Crippen LogP contribution >= 0.6 is 22.7 Å². The second-order valence-corrected chi connectivity index (χ2v) is 11.5. The molecule has 0 atom stereocenters. The molecule has 4 rings (SSSR count). The van der Waals surface area contributed by atoms with E-state index in [1.54, 1.807) is 0 Å². The number of benzene rings is 2. The van der Waals surface area contributed by atoms with Crippen LogP contribution < -0.4 is 10.6 Å². The normalized spacial score (nSPS) is 11.1. The Hall–Kier alpha value is -3.48. The summed E-state index contributed by atoms with van der Waals surface area (Å²) in [6.45, 7) is 6.34. The minimum atomic E-state index is -0.101. The first kappa shape index (κ1) is 30.5. The number of para-hydroxylation sites is 2. The van der Waals surface area contributed by atoms with Crippen LogP contribution in [0.2, 0.25) is 0 Å². The van der Waals surface area contributed by atoms with Gasteiger partial charge in [-0.25, -0.2) is 9.97 Å². The number of hydrogen-bond donors (Lipinski definition) is 3. The standard InChI is InChI=1S/C30H35N5O4S2/c1-21-7-3-5-9-25(21)33-27(37)15-29-31-23(19-40-29)17-35(11-13-39-14-12-36)18-24-20-41-30(32-24)16-28(38)34-26-10-6-4-8-22(26)2/h3-10,19-20,36H,11-18H2,1-2H3,(H,33,37)(H,34,38). The van der Waals surface area contributed by atoms with Gasteiger partial charge in [0.1, 0.15) is 10.0 Å². The molecule has 0 fully saturated rings. The molecule has 0 saturated heterocycles. The zero-order chi connectivity index (χ0) is 29.0. The lowest BCUT2D eigenvalue weighted by Gasteiger charge is -2.20. The molecule has 2 aromatic carbocycles. The summed E-state index contributed by atoms with van der Waals surface area (Å²) in [6, 6.07) is 15.4. The number of rotatable bonds is 15. The molecule has 0 radical (unpaired) electrons. The summed E-state index contributed by atoms with van der Waals surface area (Å²) in [7, 11) is 0. The molecule has 0 spiro atoms. The molecule has 3 N–H and O–H groups in total. The van der Waals surface area contributed by atoms with E-state index in [2.05, 4.69) is 15.5 Å². The summed E-state index contributed by atoms with van der Waals surface area (Å²) >= 11 is 2.93. The minimum absolute atomic E-state index is 0.0277. The van der Waals surface area contributed by atoms with E-state index in [1.807, 2.05) is 73.1 Å². The maximum Gasteiger partial charge on any atom is 0.231 e. The number of nitrogens with zero attached hydrogens (tertiary/aromatic N) is 3. The lowest BCUT2D eigenvalue weighted by Crippen LogP contribution is -2.27. The van der Waals surface area contributed by atoms with Crippen molar-refractivity contribution in [2.75, 3.05) is 37.0 Å². The van der Waals surface area contributed by atoms with Gasteiger partial charge in [0.25, 0.3) is 0 Å². The van der Waals surface area contributed by atoms with Crippen molar-refractivity contribution in [2.24, 2.45) is 0 Å². The number of aryl methyl sites for hydroxylation is 2. The number of carbonyl (C=O) groups excluding carboxylic acids is 2. The highest BCUT2D eigenvalue weighted by atomic mass is 32.1. The van der Waals surface area contributed by atoms with Gasteiger partial charge in [-0.3, -0.25) is 14.5 Å². The fourth-order valence-corrected chi connectivity index (χ4v) is 5.70. The van der Waals surface area contributed by atoms with Crippen molar-refractivity contribution in [2.45, 2.75) is 39.8 Å². The monoisotopic (exact) mass is 593 g/mol. The van der Waals surface area contributed by atoms with Gasteiger partial charge in [0, 0.05) is 41.8 Å². The van der Waals surface area contributed by atoms with E-state index >= 15 is 0 Å². The zero-order valence-electron chi connectivity index (χ0n) is 23.3. The second-order valence-electron chi connectivity index (χ2n) is 9.59. The Kier molecular flexibility index (Phi) is 11.5. The molecule has 0 unspecified atom stereocenters. The van der Waals surface area contributed by atoms with Gasteiger partial charge in [-0.15, -0.1) is 22.7 Å². The van der Waals surface area contributed by atoms with Crippen LogP contribution in [0.4, 0.5) is 11.4 Å². The number of carbonyl (C=O) groups is 2. The quantitative estimate of drug-likeness (QED) is 0.173. The molecule has 216 valence electrons. The topological polar surface area (TPSA) is 117 Å². The summed E-state index contributed by atoms with van der Waals surface area (Å²) in [5.41, 5.74) is 5.36. The number of ether oxygens (including phenoxy) is 1. The van der Waals surface area contributed by atoms with Crippen LogP contribution in [0.5, 0.6) is 0 Å². The van der Waals surface area contributed by atoms with E-state index in [0.29, 0.717) is 26.2 Å². The van der Waals surface area contributed by atoms with Crippen LogP contribution in [0, 0.1) is 13.8 Å². The van der Waals surface area contributed by atoms with Gasteiger partial charge in [0.2, 0.25) is 11.8 Å². The van der Waals surface area contributed by atoms with E-state index < -0.39 is 0 Å². The molecule has 0 aliphatic carbocycles. The molecule has 0 aliphatic heterocycles. The van der Waals surface area contributed by atoms with Crippen molar-refractivity contribution in [3.05, 3.63) is 91.8 Å². The third kappa shape index (κ3) is 9.83. The molecule has 11 heteroatoms. The van der Waals surface area contributed by atoms with E-state index in [0.717, 1.165) is 43.9 Å². The van der Waals surface area contributed by atoms with Crippen LogP contribution in [0.1, 0.15) is 32.5 Å². The summed E-state index contributed by atoms with van der Waals surface area (Å²) in [5.74, 6) is -0.202. The highest BCUT2D eigenvalue weighted by Crippen LogP contribution is 2.19. The molecular formula is C30H35N5O4S2. The maximum absolute atomic E-state index is 12.6. The van der Waals surface area contributed by atoms with Gasteiger partial charge in [-0.05, 0) is 37.1 Å². The van der Waals surface area contributed by atoms with E-state index in [4.69, 9.17) is 19.8 Å². The van der Waals surface area contributed by atoms with E-state index in [-0.39, 0.29) is 37.9 Å². The third-order valence-electron chi connectivity index (χ3n) is 6.22. The van der Waals surface area contributed by atoms with Crippen molar-refractivity contribution in [1.82, 2.24) is 14.9 Å². The molecule has 2 aromatic heterocycles. The van der Waals surface area contributed by atoms with Crippen LogP contribution in [-0.2, 0) is 40.3 Å². The fraction of sp³-hybridized carbons (Fsp3) is 0.333. The Morgan fingerprint density at radius 3 is 1.76 bits per heavy atom. The molecular weight excluding hydrogens is 558 g/mol. The average molecular weight is 594 g/mol. The summed E-state index contributed by atoms with van der Waals surface area (Å²) < 4.78 is 5.50. The number of aromatic nitrogens is 2. The van der Waals surface area contributed by atoms with Crippen molar-refractivity contribution < 1.29 is 19.4 Å². The van der Waals surface area contributed by atoms with Crippen LogP contribution in [0.3, 0.4) is 0 Å². The predicted molar refractivity (Wildman–Crippen MR) is 163 cm³/mol. The van der Waals surface area contributed by atoms with Crippen LogP contribution in [-0.4, -0.2) is 58.2 Å². The highest BCUT2D eigenvalue weighted by molar-refractivity contribution is 7.10. The molecule has 41 heavy (non-hydrogen) atoms. The Balaban J connectivity index is 1.33. The first-order chi connectivity index (χ1) is 19.9. The Bertz CT molecular complexity index is 1340. The van der Waals surface area contributed by atoms with Crippen molar-refractivity contribution >= 4 is 45.9 Å². The number of aliphatic hydroxyl groups excluding tert-OH is 1. The third-order valence-corrected chi connectivity index (χ3v) is 8.01. The Morgan fingerprint density at radius 2 is 1.29 bits per heavy atom. The molecule has 2 amide bonds. The van der Waals surface area contributed by atoms with Gasteiger partial charge in [0.05, 0.1) is 44.1 Å². The predicted octanol–water partition coefficient (Wildman–Crippen LogP) is 4.59. The fourth-order valence-electron chi connectivity index (χ4n) is 4.13. The van der Waals surface area contributed by atoms with Crippen molar-refractivity contribution in [1.29, 1.82) is 0 Å². The maximum atomic E-state index is 12.6. The van der Waals surface area contributed by atoms with Crippen LogP contribution in [0.15, 0.2) is 59.3 Å². The zero-order valence-corrected chi connectivity index (χ0v) is 24.9. The Morgan fingerprint density at radius 1 is 0.805 bits per heavy atom. The number of hydrogen-bond acceptors (Lipinski definition) is 9. The SMILES string of the molecule is Cc1ccccc1NC(=O)Cc1nc(CN(CCOCCO)Cc2csc(CC(=O)Nc3ccccc3C)n2)cs1. The molecule has 9 nitrogen and oxygen atoms in total. The average Bonchev–Trinajstić information content (AvgIpc) is 3.58. The molecule has 4 aromatic rings. The van der Waals surface area contributed by atoms with E-state index in [9.17, 15) is 9.59 Å². The molecule has 0 saturated carbocycles. The molecule has 2 heterocycles. The lowest BCUT2D eigenvalue weighted by molar-refractivity contribution is -0.116. The first-order valence-electron chi connectivity index (χ1n) is 13.4. The van der Waals surface area contributed by atoms with Gasteiger partial charge >= 0.3 is 0 Å². The smallest absolute Gasteiger partial charge is 0.231 e. The van der Waals surface area contributed by atoms with Crippen molar-refractivity contribution in [3.8, 4) is 0 Å². The molecule has 0 aliphatic rings. The van der Waals surface area contributed by atoms with Gasteiger partial charge in [0.15, 0.2) is 0 Å². The lowest BCUT2D eigenvalue weighted by atomic mass is 10.2. The van der Waals surface area contributed by atoms with Gasteiger partial charge < -0.3 is 20.5 Å². The number of nitrogens with one attached hydrogen (secondary N) is 2. The second kappa shape index (κ2) is 15.5. The minimum Gasteiger partial charge on any atom is -0.394 e. The number of thiazole rings is 2. The van der Waals surface area contributed by atoms with E-state index in [1.165, 1.54) is 22.7 Å². The Labute approximate surface area is 248 Å². The summed E-state index contributed by atoms with van der Waals surface area (Å²) in [4.78, 5) is 36.7.